The number of para-hydroxylation sites is 1. The standard InChI is InChI=1S/C25H26N4O5S/c1-19(30)27-22-11-13-23(14-12-22)35(33,34)29(16-15-20-7-3-2-4-8-20)18-25(32)28-26-17-21-9-5-6-10-24(21)31/h2-14,17,31H,15-16,18H2,1H3,(H,27,30)(H,28,32)/b26-17+. The Labute approximate surface area is 204 Å². The molecule has 0 radical (unpaired) electrons. The molecule has 0 spiro atoms. The quantitative estimate of drug-likeness (QED) is 0.295. The summed E-state index contributed by atoms with van der Waals surface area (Å²) >= 11 is 0. The summed E-state index contributed by atoms with van der Waals surface area (Å²) in [6, 6.07) is 21.5. The van der Waals surface area contributed by atoms with Crippen LogP contribution in [0.4, 0.5) is 5.69 Å². The molecule has 3 aromatic carbocycles. The Bertz CT molecular complexity index is 1290. The van der Waals surface area contributed by atoms with E-state index in [-0.39, 0.29) is 23.1 Å². The fourth-order valence-electron chi connectivity index (χ4n) is 3.21. The summed E-state index contributed by atoms with van der Waals surface area (Å²) in [7, 11) is -4.03. The van der Waals surface area contributed by atoms with Crippen LogP contribution < -0.4 is 10.7 Å². The molecule has 0 aromatic heterocycles. The van der Waals surface area contributed by atoms with E-state index in [1.807, 2.05) is 30.3 Å². The van der Waals surface area contributed by atoms with Gasteiger partial charge in [-0.05, 0) is 48.4 Å². The summed E-state index contributed by atoms with van der Waals surface area (Å²) in [5.41, 5.74) is 4.09. The molecule has 0 fully saturated rings. The first-order valence-electron chi connectivity index (χ1n) is 10.8. The van der Waals surface area contributed by atoms with Gasteiger partial charge in [-0.15, -0.1) is 0 Å². The number of phenolic OH excluding ortho intramolecular Hbond substituents is 1. The van der Waals surface area contributed by atoms with Gasteiger partial charge in [-0.1, -0.05) is 42.5 Å². The number of rotatable bonds is 10. The molecule has 35 heavy (non-hydrogen) atoms. The van der Waals surface area contributed by atoms with Crippen molar-refractivity contribution in [2.45, 2.75) is 18.2 Å². The summed E-state index contributed by atoms with van der Waals surface area (Å²) < 4.78 is 27.8. The molecule has 2 amide bonds. The Hall–Kier alpha value is -4.02. The van der Waals surface area contributed by atoms with Gasteiger partial charge >= 0.3 is 0 Å². The van der Waals surface area contributed by atoms with E-state index in [0.717, 1.165) is 9.87 Å². The Kier molecular flexibility index (Phi) is 8.71. The molecular weight excluding hydrogens is 468 g/mol. The minimum absolute atomic E-state index is 0.000254. The van der Waals surface area contributed by atoms with E-state index in [1.54, 1.807) is 18.2 Å². The predicted octanol–water partition coefficient (Wildman–Crippen LogP) is 2.73. The van der Waals surface area contributed by atoms with E-state index in [1.165, 1.54) is 43.5 Å². The summed E-state index contributed by atoms with van der Waals surface area (Å²) in [5.74, 6) is -0.908. The highest BCUT2D eigenvalue weighted by Gasteiger charge is 2.26. The third kappa shape index (κ3) is 7.49. The second-order valence-electron chi connectivity index (χ2n) is 7.63. The summed E-state index contributed by atoms with van der Waals surface area (Å²) in [4.78, 5) is 23.8. The number of nitrogens with zero attached hydrogens (tertiary/aromatic N) is 2. The number of sulfonamides is 1. The van der Waals surface area contributed by atoms with Crippen LogP contribution in [0, 0.1) is 0 Å². The predicted molar refractivity (Wildman–Crippen MR) is 133 cm³/mol. The lowest BCUT2D eigenvalue weighted by molar-refractivity contribution is -0.121. The lowest BCUT2D eigenvalue weighted by Gasteiger charge is -2.21. The second kappa shape index (κ2) is 11.9. The summed E-state index contributed by atoms with van der Waals surface area (Å²) in [5, 5.41) is 16.2. The fourth-order valence-corrected chi connectivity index (χ4v) is 4.61. The summed E-state index contributed by atoms with van der Waals surface area (Å²) in [6.07, 6.45) is 1.68. The Morgan fingerprint density at radius 2 is 1.63 bits per heavy atom. The highest BCUT2D eigenvalue weighted by Crippen LogP contribution is 2.19. The number of anilines is 1. The molecule has 182 valence electrons. The Morgan fingerprint density at radius 1 is 0.971 bits per heavy atom. The SMILES string of the molecule is CC(=O)Nc1ccc(S(=O)(=O)N(CCc2ccccc2)CC(=O)N/N=C/c2ccccc2O)cc1. The number of amides is 2. The van der Waals surface area contributed by atoms with Gasteiger partial charge in [0.15, 0.2) is 0 Å². The van der Waals surface area contributed by atoms with Crippen molar-refractivity contribution < 1.29 is 23.1 Å². The monoisotopic (exact) mass is 494 g/mol. The molecule has 3 N–H and O–H groups in total. The maximum absolute atomic E-state index is 13.3. The molecule has 0 bridgehead atoms. The maximum Gasteiger partial charge on any atom is 0.255 e. The third-order valence-corrected chi connectivity index (χ3v) is 6.81. The van der Waals surface area contributed by atoms with Gasteiger partial charge in [0, 0.05) is 24.7 Å². The highest BCUT2D eigenvalue weighted by atomic mass is 32.2. The fraction of sp³-hybridized carbons (Fsp3) is 0.160. The van der Waals surface area contributed by atoms with Crippen LogP contribution in [0.3, 0.4) is 0 Å². The molecule has 0 atom stereocenters. The first-order chi connectivity index (χ1) is 16.8. The molecule has 0 saturated carbocycles. The van der Waals surface area contributed by atoms with E-state index < -0.39 is 22.5 Å². The molecule has 3 aromatic rings. The molecule has 10 heteroatoms. The lowest BCUT2D eigenvalue weighted by Crippen LogP contribution is -2.40. The number of hydrogen-bond acceptors (Lipinski definition) is 6. The van der Waals surface area contributed by atoms with Crippen molar-refractivity contribution in [2.24, 2.45) is 5.10 Å². The van der Waals surface area contributed by atoms with Crippen LogP contribution in [-0.2, 0) is 26.0 Å². The molecule has 0 saturated heterocycles. The zero-order valence-corrected chi connectivity index (χ0v) is 19.9. The first-order valence-corrected chi connectivity index (χ1v) is 12.2. The van der Waals surface area contributed by atoms with Gasteiger partial charge in [0.1, 0.15) is 5.75 Å². The number of carbonyl (C=O) groups is 2. The van der Waals surface area contributed by atoms with Crippen LogP contribution in [0.1, 0.15) is 18.1 Å². The Balaban J connectivity index is 1.76. The second-order valence-corrected chi connectivity index (χ2v) is 9.57. The minimum Gasteiger partial charge on any atom is -0.507 e. The van der Waals surface area contributed by atoms with Gasteiger partial charge < -0.3 is 10.4 Å². The van der Waals surface area contributed by atoms with E-state index >= 15 is 0 Å². The van der Waals surface area contributed by atoms with Gasteiger partial charge in [0.25, 0.3) is 5.91 Å². The smallest absolute Gasteiger partial charge is 0.255 e. The number of hydrazone groups is 1. The van der Waals surface area contributed by atoms with Gasteiger partial charge in [0.05, 0.1) is 17.7 Å². The van der Waals surface area contributed by atoms with Gasteiger partial charge in [-0.3, -0.25) is 9.59 Å². The van der Waals surface area contributed by atoms with Crippen molar-refractivity contribution >= 4 is 33.7 Å². The van der Waals surface area contributed by atoms with E-state index in [2.05, 4.69) is 15.8 Å². The number of carbonyl (C=O) groups excluding carboxylic acids is 2. The molecule has 9 nitrogen and oxygen atoms in total. The van der Waals surface area contributed by atoms with Crippen LogP contribution in [0.25, 0.3) is 0 Å². The van der Waals surface area contributed by atoms with Crippen molar-refractivity contribution in [3.63, 3.8) is 0 Å². The molecule has 0 aliphatic heterocycles. The third-order valence-electron chi connectivity index (χ3n) is 4.95. The number of hydrogen-bond donors (Lipinski definition) is 3. The zero-order valence-electron chi connectivity index (χ0n) is 19.1. The first kappa shape index (κ1) is 25.6. The maximum atomic E-state index is 13.3. The molecule has 0 aliphatic rings. The molecular formula is C25H26N4O5S. The normalized spacial score (nSPS) is 11.5. The van der Waals surface area contributed by atoms with Crippen LogP contribution >= 0.6 is 0 Å². The van der Waals surface area contributed by atoms with Crippen molar-refractivity contribution in [3.05, 3.63) is 90.0 Å². The average molecular weight is 495 g/mol. The van der Waals surface area contributed by atoms with Crippen LogP contribution in [0.15, 0.2) is 88.9 Å². The largest absolute Gasteiger partial charge is 0.507 e. The molecule has 3 rings (SSSR count). The van der Waals surface area contributed by atoms with Crippen molar-refractivity contribution in [2.75, 3.05) is 18.4 Å². The molecule has 0 unspecified atom stereocenters. The minimum atomic E-state index is -4.03. The van der Waals surface area contributed by atoms with Crippen molar-refractivity contribution in [1.82, 2.24) is 9.73 Å². The van der Waals surface area contributed by atoms with E-state index in [0.29, 0.717) is 17.7 Å². The summed E-state index contributed by atoms with van der Waals surface area (Å²) in [6.45, 7) is 0.966. The van der Waals surface area contributed by atoms with Crippen molar-refractivity contribution in [3.8, 4) is 5.75 Å². The van der Waals surface area contributed by atoms with E-state index in [9.17, 15) is 23.1 Å². The van der Waals surface area contributed by atoms with E-state index in [4.69, 9.17) is 0 Å². The Morgan fingerprint density at radius 3 is 2.29 bits per heavy atom. The topological polar surface area (TPSA) is 128 Å². The molecule has 0 heterocycles. The van der Waals surface area contributed by atoms with Crippen LogP contribution in [-0.4, -0.2) is 48.9 Å². The van der Waals surface area contributed by atoms with Gasteiger partial charge in [-0.25, -0.2) is 13.8 Å². The zero-order chi connectivity index (χ0) is 25.3. The number of nitrogens with one attached hydrogen (secondary N) is 2. The average Bonchev–Trinajstić information content (AvgIpc) is 2.83. The van der Waals surface area contributed by atoms with Gasteiger partial charge in [-0.2, -0.15) is 9.41 Å². The number of benzene rings is 3. The molecule has 0 aliphatic carbocycles. The highest BCUT2D eigenvalue weighted by molar-refractivity contribution is 7.89. The lowest BCUT2D eigenvalue weighted by atomic mass is 10.1. The van der Waals surface area contributed by atoms with Crippen molar-refractivity contribution in [1.29, 1.82) is 0 Å². The van der Waals surface area contributed by atoms with Gasteiger partial charge in [0.2, 0.25) is 15.9 Å². The number of phenols is 1. The number of aromatic hydroxyl groups is 1. The van der Waals surface area contributed by atoms with Crippen LogP contribution in [0.2, 0.25) is 0 Å². The van der Waals surface area contributed by atoms with Crippen LogP contribution in [0.5, 0.6) is 5.75 Å².